The third-order valence-electron chi connectivity index (χ3n) is 3.55. The van der Waals surface area contributed by atoms with Crippen LogP contribution in [0.1, 0.15) is 19.3 Å². The molecular weight excluding hydrogens is 422 g/mol. The molecule has 3 amide bonds. The minimum atomic E-state index is -1.66. The molecule has 30 heavy (non-hydrogen) atoms. The molecule has 0 aliphatic rings. The number of hydrogen-bond donors (Lipinski definition) is 9. The molecule has 15 heteroatoms. The number of rotatable bonds is 14. The smallest absolute Gasteiger partial charge is 0.326 e. The van der Waals surface area contributed by atoms with E-state index in [1.165, 1.54) is 0 Å². The molecule has 0 radical (unpaired) electrons. The van der Waals surface area contributed by atoms with Gasteiger partial charge in [-0.25, -0.2) is 4.79 Å². The summed E-state index contributed by atoms with van der Waals surface area (Å²) in [7, 11) is 0. The van der Waals surface area contributed by atoms with Crippen molar-refractivity contribution in [1.82, 2.24) is 16.0 Å². The summed E-state index contributed by atoms with van der Waals surface area (Å²) in [6.07, 6.45) is -0.398. The lowest BCUT2D eigenvalue weighted by molar-refractivity contribution is -0.147. The quantitative estimate of drug-likeness (QED) is 0.0536. The van der Waals surface area contributed by atoms with Crippen molar-refractivity contribution in [2.75, 3.05) is 18.8 Å². The lowest BCUT2D eigenvalue weighted by Crippen LogP contribution is -2.54. The Morgan fingerprint density at radius 3 is 2.13 bits per heavy atom. The first-order valence-corrected chi connectivity index (χ1v) is 9.35. The van der Waals surface area contributed by atoms with Crippen LogP contribution >= 0.6 is 12.6 Å². The fourth-order valence-corrected chi connectivity index (χ4v) is 2.21. The maximum absolute atomic E-state index is 12.4. The molecule has 0 fully saturated rings. The Morgan fingerprint density at radius 1 is 1.00 bits per heavy atom. The van der Waals surface area contributed by atoms with Crippen molar-refractivity contribution < 1.29 is 34.2 Å². The number of carbonyl (C=O) groups is 5. The normalized spacial score (nSPS) is 13.3. The van der Waals surface area contributed by atoms with Crippen LogP contribution in [0.4, 0.5) is 0 Å². The van der Waals surface area contributed by atoms with Gasteiger partial charge >= 0.3 is 11.9 Å². The van der Waals surface area contributed by atoms with E-state index >= 15 is 0 Å². The summed E-state index contributed by atoms with van der Waals surface area (Å²) in [5.74, 6) is -5.35. The van der Waals surface area contributed by atoms with E-state index in [0.29, 0.717) is 6.42 Å². The SMILES string of the molecule is NC(N)=NCCCC(NC(=O)C(N)CS)C(=O)NCC(=O)NC(CC(=O)O)C(=O)O. The maximum atomic E-state index is 12.4. The average Bonchev–Trinajstić information content (AvgIpc) is 2.66. The van der Waals surface area contributed by atoms with Crippen LogP contribution in [0.15, 0.2) is 4.99 Å². The second kappa shape index (κ2) is 14.0. The van der Waals surface area contributed by atoms with E-state index in [1.807, 2.05) is 5.32 Å². The van der Waals surface area contributed by atoms with E-state index in [2.05, 4.69) is 28.3 Å². The molecule has 0 rings (SSSR count). The minimum Gasteiger partial charge on any atom is -0.481 e. The molecule has 0 aliphatic carbocycles. The Balaban J connectivity index is 4.89. The molecule has 11 N–H and O–H groups in total. The van der Waals surface area contributed by atoms with E-state index in [4.69, 9.17) is 27.4 Å². The number of nitrogens with zero attached hydrogens (tertiary/aromatic N) is 1. The summed E-state index contributed by atoms with van der Waals surface area (Å²) < 4.78 is 0. The fourth-order valence-electron chi connectivity index (χ4n) is 2.04. The van der Waals surface area contributed by atoms with Crippen molar-refractivity contribution in [3.05, 3.63) is 0 Å². The van der Waals surface area contributed by atoms with Crippen molar-refractivity contribution in [2.24, 2.45) is 22.2 Å². The second-order valence-corrected chi connectivity index (χ2v) is 6.44. The van der Waals surface area contributed by atoms with Crippen molar-refractivity contribution in [2.45, 2.75) is 37.4 Å². The van der Waals surface area contributed by atoms with Crippen LogP contribution in [0, 0.1) is 0 Å². The van der Waals surface area contributed by atoms with Gasteiger partial charge in [-0.1, -0.05) is 0 Å². The van der Waals surface area contributed by atoms with Crippen molar-refractivity contribution in [1.29, 1.82) is 0 Å². The predicted octanol–water partition coefficient (Wildman–Crippen LogP) is -4.06. The molecule has 170 valence electrons. The molecule has 0 aliphatic heterocycles. The third-order valence-corrected chi connectivity index (χ3v) is 3.94. The van der Waals surface area contributed by atoms with Gasteiger partial charge in [0.2, 0.25) is 17.7 Å². The number of carboxylic acid groups (broad SMARTS) is 2. The summed E-state index contributed by atoms with van der Waals surface area (Å²) in [6.45, 7) is -0.447. The van der Waals surface area contributed by atoms with E-state index < -0.39 is 60.8 Å². The van der Waals surface area contributed by atoms with Crippen molar-refractivity contribution in [3.8, 4) is 0 Å². The second-order valence-electron chi connectivity index (χ2n) is 6.07. The monoisotopic (exact) mass is 449 g/mol. The number of aliphatic imine (C=N–C) groups is 1. The van der Waals surface area contributed by atoms with Crippen molar-refractivity contribution >= 4 is 48.2 Å². The van der Waals surface area contributed by atoms with Gasteiger partial charge in [0.15, 0.2) is 5.96 Å². The highest BCUT2D eigenvalue weighted by molar-refractivity contribution is 7.80. The van der Waals surface area contributed by atoms with Gasteiger partial charge < -0.3 is 43.4 Å². The number of hydrogen-bond acceptors (Lipinski definition) is 8. The molecule has 14 nitrogen and oxygen atoms in total. The maximum Gasteiger partial charge on any atom is 0.326 e. The van der Waals surface area contributed by atoms with Gasteiger partial charge in [-0.3, -0.25) is 24.2 Å². The first-order chi connectivity index (χ1) is 14.0. The van der Waals surface area contributed by atoms with Gasteiger partial charge in [0.05, 0.1) is 19.0 Å². The van der Waals surface area contributed by atoms with E-state index in [1.54, 1.807) is 0 Å². The van der Waals surface area contributed by atoms with Gasteiger partial charge in [-0.05, 0) is 12.8 Å². The van der Waals surface area contributed by atoms with Crippen molar-refractivity contribution in [3.63, 3.8) is 0 Å². The largest absolute Gasteiger partial charge is 0.481 e. The Labute approximate surface area is 177 Å². The molecule has 0 heterocycles. The summed E-state index contributed by atoms with van der Waals surface area (Å²) in [5.41, 5.74) is 16.0. The van der Waals surface area contributed by atoms with E-state index in [9.17, 15) is 24.0 Å². The van der Waals surface area contributed by atoms with Gasteiger partial charge in [-0.2, -0.15) is 12.6 Å². The highest BCUT2D eigenvalue weighted by atomic mass is 32.1. The Morgan fingerprint density at radius 2 is 1.63 bits per heavy atom. The number of thiol groups is 1. The summed E-state index contributed by atoms with van der Waals surface area (Å²) in [4.78, 5) is 61.5. The zero-order valence-electron chi connectivity index (χ0n) is 16.0. The zero-order chi connectivity index (χ0) is 23.3. The average molecular weight is 449 g/mol. The minimum absolute atomic E-state index is 0.0384. The fraction of sp³-hybridized carbons (Fsp3) is 0.600. The molecule has 3 unspecified atom stereocenters. The van der Waals surface area contributed by atoms with E-state index in [-0.39, 0.29) is 24.7 Å². The summed E-state index contributed by atoms with van der Waals surface area (Å²) >= 11 is 3.90. The molecule has 3 atom stereocenters. The lowest BCUT2D eigenvalue weighted by atomic mass is 10.1. The first-order valence-electron chi connectivity index (χ1n) is 8.71. The van der Waals surface area contributed by atoms with Crippen LogP contribution in [0.5, 0.6) is 0 Å². The Kier molecular flexibility index (Phi) is 12.6. The van der Waals surface area contributed by atoms with Gasteiger partial charge in [0, 0.05) is 12.3 Å². The first kappa shape index (κ1) is 26.9. The number of carboxylic acids is 2. The van der Waals surface area contributed by atoms with Crippen LogP contribution in [0.25, 0.3) is 0 Å². The predicted molar refractivity (Wildman–Crippen MR) is 108 cm³/mol. The number of carbonyl (C=O) groups excluding carboxylic acids is 3. The molecule has 0 aromatic carbocycles. The van der Waals surface area contributed by atoms with Gasteiger partial charge in [-0.15, -0.1) is 0 Å². The van der Waals surface area contributed by atoms with Crippen LogP contribution in [-0.4, -0.2) is 82.8 Å². The van der Waals surface area contributed by atoms with Crippen LogP contribution in [0.2, 0.25) is 0 Å². The molecule has 0 saturated heterocycles. The summed E-state index contributed by atoms with van der Waals surface area (Å²) in [6, 6.07) is -3.69. The summed E-state index contributed by atoms with van der Waals surface area (Å²) in [5, 5.41) is 24.2. The number of nitrogens with one attached hydrogen (secondary N) is 3. The standard InChI is InChI=1S/C15H27N7O7S/c16-7(6-30)12(26)22-8(2-1-3-19-15(17)18)13(27)20-5-10(23)21-9(14(28)29)4-11(24)25/h7-9,30H,1-6,16H2,(H,20,27)(H,21,23)(H,22,26)(H,24,25)(H,28,29)(H4,17,18,19). The molecule has 0 aromatic rings. The topological polar surface area (TPSA) is 252 Å². The molecule has 0 saturated carbocycles. The van der Waals surface area contributed by atoms with Crippen LogP contribution in [-0.2, 0) is 24.0 Å². The Hall–Kier alpha value is -3.07. The van der Waals surface area contributed by atoms with Gasteiger partial charge in [0.25, 0.3) is 0 Å². The highest BCUT2D eigenvalue weighted by Crippen LogP contribution is 2.00. The number of aliphatic carboxylic acids is 2. The number of amides is 3. The number of nitrogens with two attached hydrogens (primary N) is 3. The van der Waals surface area contributed by atoms with Crippen LogP contribution < -0.4 is 33.2 Å². The highest BCUT2D eigenvalue weighted by Gasteiger charge is 2.25. The van der Waals surface area contributed by atoms with E-state index in [0.717, 1.165) is 0 Å². The molecule has 0 aromatic heterocycles. The van der Waals surface area contributed by atoms with Gasteiger partial charge in [0.1, 0.15) is 12.1 Å². The molecular formula is C15H27N7O7S. The number of guanidine groups is 1. The lowest BCUT2D eigenvalue weighted by Gasteiger charge is -2.20. The zero-order valence-corrected chi connectivity index (χ0v) is 16.9. The molecule has 0 bridgehead atoms. The third kappa shape index (κ3) is 11.7. The molecule has 0 spiro atoms. The Bertz CT molecular complexity index is 670. The van der Waals surface area contributed by atoms with Crippen LogP contribution in [0.3, 0.4) is 0 Å².